The predicted molar refractivity (Wildman–Crippen MR) is 107 cm³/mol. The molecule has 1 saturated heterocycles. The first kappa shape index (κ1) is 18.5. The number of benzene rings is 1. The number of halogens is 1. The van der Waals surface area contributed by atoms with Gasteiger partial charge in [-0.3, -0.25) is 14.2 Å². The number of nitrogens with one attached hydrogen (secondary N) is 1. The Balaban J connectivity index is 1.55. The fourth-order valence-electron chi connectivity index (χ4n) is 3.35. The Labute approximate surface area is 164 Å². The molecule has 146 valence electrons. The zero-order chi connectivity index (χ0) is 19.7. The highest BCUT2D eigenvalue weighted by Crippen LogP contribution is 2.29. The number of carbonyl (C=O) groups is 1. The minimum Gasteiger partial charge on any atom is -0.348 e. The summed E-state index contributed by atoms with van der Waals surface area (Å²) in [5, 5.41) is 3.27. The Morgan fingerprint density at radius 1 is 1.39 bits per heavy atom. The number of amides is 1. The second-order valence-corrected chi connectivity index (χ2v) is 8.03. The third-order valence-electron chi connectivity index (χ3n) is 4.76. The smallest absolute Gasteiger partial charge is 0.273 e. The number of rotatable bonds is 4. The predicted octanol–water partition coefficient (Wildman–Crippen LogP) is 2.87. The Morgan fingerprint density at radius 3 is 3.00 bits per heavy atom. The molecule has 1 atom stereocenters. The molecule has 1 N–H and O–H groups in total. The molecule has 1 fully saturated rings. The minimum absolute atomic E-state index is 0.0777. The summed E-state index contributed by atoms with van der Waals surface area (Å²) < 4.78 is 15.3. The average Bonchev–Trinajstić information content (AvgIpc) is 3.11. The molecule has 7 nitrogen and oxygen atoms in total. The van der Waals surface area contributed by atoms with Crippen LogP contribution < -0.4 is 15.8 Å². The summed E-state index contributed by atoms with van der Waals surface area (Å²) in [6.07, 6.45) is 3.61. The molecule has 0 saturated carbocycles. The lowest BCUT2D eigenvalue weighted by Gasteiger charge is -2.30. The maximum atomic E-state index is 13.7. The fourth-order valence-corrected chi connectivity index (χ4v) is 4.36. The number of anilines is 2. The van der Waals surface area contributed by atoms with Crippen LogP contribution in [-0.2, 0) is 11.3 Å². The minimum atomic E-state index is -0.528. The molecule has 3 aromatic rings. The Morgan fingerprint density at radius 2 is 2.21 bits per heavy atom. The summed E-state index contributed by atoms with van der Waals surface area (Å²) in [6, 6.07) is 5.89. The van der Waals surface area contributed by atoms with Crippen molar-refractivity contribution in [1.29, 1.82) is 0 Å². The Bertz CT molecular complexity index is 1080. The lowest BCUT2D eigenvalue weighted by molar-refractivity contribution is -0.116. The summed E-state index contributed by atoms with van der Waals surface area (Å²) in [6.45, 7) is 3.80. The Hall–Kier alpha value is -2.81. The monoisotopic (exact) mass is 401 g/mol. The highest BCUT2D eigenvalue weighted by atomic mass is 32.1. The first-order valence-electron chi connectivity index (χ1n) is 9.16. The van der Waals surface area contributed by atoms with Crippen LogP contribution in [0.15, 0.2) is 35.4 Å². The van der Waals surface area contributed by atoms with Gasteiger partial charge < -0.3 is 10.2 Å². The van der Waals surface area contributed by atoms with Crippen LogP contribution in [0.1, 0.15) is 19.8 Å². The van der Waals surface area contributed by atoms with Gasteiger partial charge in [0.05, 0.1) is 5.69 Å². The van der Waals surface area contributed by atoms with Gasteiger partial charge in [-0.15, -0.1) is 0 Å². The third-order valence-corrected chi connectivity index (χ3v) is 5.86. The number of aromatic nitrogens is 3. The molecule has 0 radical (unpaired) electrons. The lowest BCUT2D eigenvalue weighted by atomic mass is 10.0. The maximum Gasteiger partial charge on any atom is 0.273 e. The molecule has 1 aliphatic rings. The number of piperidine rings is 1. The van der Waals surface area contributed by atoms with E-state index in [0.717, 1.165) is 24.6 Å². The summed E-state index contributed by atoms with van der Waals surface area (Å²) in [5.74, 6) is -0.435. The van der Waals surface area contributed by atoms with E-state index in [1.54, 1.807) is 6.07 Å². The molecule has 1 aromatic carbocycles. The number of hydrogen-bond donors (Lipinski definition) is 1. The molecule has 9 heteroatoms. The number of hydrogen-bond acceptors (Lipinski definition) is 6. The SMILES string of the molecule is C[C@@H]1CCCN(c2nc3ncn(CC(=O)Nc4ccccc4F)c(=O)c3s2)C1. The highest BCUT2D eigenvalue weighted by molar-refractivity contribution is 7.22. The van der Waals surface area contributed by atoms with Gasteiger partial charge in [0, 0.05) is 13.1 Å². The van der Waals surface area contributed by atoms with Crippen LogP contribution in [0.25, 0.3) is 10.3 Å². The number of thiazole rings is 1. The normalized spacial score (nSPS) is 17.1. The number of fused-ring (bicyclic) bond motifs is 1. The average molecular weight is 401 g/mol. The van der Waals surface area contributed by atoms with Gasteiger partial charge in [-0.1, -0.05) is 30.4 Å². The van der Waals surface area contributed by atoms with E-state index in [1.807, 2.05) is 0 Å². The van der Waals surface area contributed by atoms with E-state index in [-0.39, 0.29) is 17.8 Å². The van der Waals surface area contributed by atoms with Crippen LogP contribution in [-0.4, -0.2) is 33.5 Å². The molecule has 1 aliphatic heterocycles. The summed E-state index contributed by atoms with van der Waals surface area (Å²) in [5.41, 5.74) is 0.158. The Kier molecular flexibility index (Phi) is 5.08. The van der Waals surface area contributed by atoms with E-state index in [9.17, 15) is 14.0 Å². The quantitative estimate of drug-likeness (QED) is 0.727. The molecule has 28 heavy (non-hydrogen) atoms. The van der Waals surface area contributed by atoms with E-state index in [1.165, 1.54) is 46.9 Å². The highest BCUT2D eigenvalue weighted by Gasteiger charge is 2.21. The van der Waals surface area contributed by atoms with Gasteiger partial charge in [0.2, 0.25) is 5.91 Å². The van der Waals surface area contributed by atoms with Crippen molar-refractivity contribution in [3.05, 3.63) is 46.8 Å². The molecule has 0 spiro atoms. The van der Waals surface area contributed by atoms with Gasteiger partial charge in [-0.05, 0) is 30.9 Å². The topological polar surface area (TPSA) is 80.1 Å². The molecule has 0 aliphatic carbocycles. The van der Waals surface area contributed by atoms with Crippen LogP contribution >= 0.6 is 11.3 Å². The van der Waals surface area contributed by atoms with E-state index < -0.39 is 11.7 Å². The first-order chi connectivity index (χ1) is 13.5. The van der Waals surface area contributed by atoms with Gasteiger partial charge >= 0.3 is 0 Å². The molecular weight excluding hydrogens is 381 g/mol. The van der Waals surface area contributed by atoms with Crippen molar-refractivity contribution in [3.63, 3.8) is 0 Å². The van der Waals surface area contributed by atoms with Crippen molar-refractivity contribution in [3.8, 4) is 0 Å². The van der Waals surface area contributed by atoms with Crippen LogP contribution in [0.4, 0.5) is 15.2 Å². The maximum absolute atomic E-state index is 13.7. The number of para-hydroxylation sites is 1. The fraction of sp³-hybridized carbons (Fsp3) is 0.368. The summed E-state index contributed by atoms with van der Waals surface area (Å²) >= 11 is 1.31. The molecule has 1 amide bonds. The van der Waals surface area contributed by atoms with E-state index in [2.05, 4.69) is 27.1 Å². The van der Waals surface area contributed by atoms with Crippen molar-refractivity contribution in [2.45, 2.75) is 26.3 Å². The van der Waals surface area contributed by atoms with Gasteiger partial charge in [-0.25, -0.2) is 9.37 Å². The van der Waals surface area contributed by atoms with Crippen LogP contribution in [0.3, 0.4) is 0 Å². The van der Waals surface area contributed by atoms with Gasteiger partial charge in [-0.2, -0.15) is 4.98 Å². The number of nitrogens with zero attached hydrogens (tertiary/aromatic N) is 4. The van der Waals surface area contributed by atoms with E-state index >= 15 is 0 Å². The molecule has 0 unspecified atom stereocenters. The zero-order valence-corrected chi connectivity index (χ0v) is 16.2. The summed E-state index contributed by atoms with van der Waals surface area (Å²) in [7, 11) is 0. The lowest BCUT2D eigenvalue weighted by Crippen LogP contribution is -2.34. The molecule has 4 rings (SSSR count). The van der Waals surface area contributed by atoms with Gasteiger partial charge in [0.25, 0.3) is 5.56 Å². The van der Waals surface area contributed by atoms with Crippen molar-refractivity contribution in [2.24, 2.45) is 5.92 Å². The van der Waals surface area contributed by atoms with E-state index in [4.69, 9.17) is 0 Å². The molecular formula is C19H20FN5O2S. The summed E-state index contributed by atoms with van der Waals surface area (Å²) in [4.78, 5) is 35.9. The third kappa shape index (κ3) is 3.75. The second-order valence-electron chi connectivity index (χ2n) is 7.05. The van der Waals surface area contributed by atoms with Crippen molar-refractivity contribution >= 4 is 38.4 Å². The second kappa shape index (κ2) is 7.67. The van der Waals surface area contributed by atoms with E-state index in [0.29, 0.717) is 16.3 Å². The molecule has 0 bridgehead atoms. The molecule has 3 heterocycles. The number of carbonyl (C=O) groups excluding carboxylic acids is 1. The first-order valence-corrected chi connectivity index (χ1v) is 9.98. The van der Waals surface area contributed by atoms with Crippen molar-refractivity contribution in [2.75, 3.05) is 23.3 Å². The van der Waals surface area contributed by atoms with Gasteiger partial charge in [0.1, 0.15) is 23.4 Å². The standard InChI is InChI=1S/C19H20FN5O2S/c1-12-5-4-8-24(9-12)19-23-17-16(28-19)18(27)25(11-21-17)10-15(26)22-14-7-3-2-6-13(14)20/h2-3,6-7,11-12H,4-5,8-10H2,1H3,(H,22,26)/t12-/m1/s1. The van der Waals surface area contributed by atoms with Crippen LogP contribution in [0, 0.1) is 11.7 Å². The molecule has 2 aromatic heterocycles. The van der Waals surface area contributed by atoms with Crippen molar-refractivity contribution in [1.82, 2.24) is 14.5 Å². The zero-order valence-electron chi connectivity index (χ0n) is 15.4. The van der Waals surface area contributed by atoms with Crippen LogP contribution in [0.2, 0.25) is 0 Å². The van der Waals surface area contributed by atoms with Crippen LogP contribution in [0.5, 0.6) is 0 Å². The van der Waals surface area contributed by atoms with Gasteiger partial charge in [0.15, 0.2) is 10.8 Å². The van der Waals surface area contributed by atoms with Crippen molar-refractivity contribution < 1.29 is 9.18 Å². The largest absolute Gasteiger partial charge is 0.348 e.